The minimum absolute atomic E-state index is 0.116. The standard InChI is InChI=1S/C18H24FN3O/c1-4-5-6-9-13(2)21-18(23)15-12-20-22(14(15)3)17-11-8-7-10-16(17)19/h7-8,10-13H,4-6,9H2,1-3H3,(H,21,23). The van der Waals surface area contributed by atoms with Gasteiger partial charge in [-0.3, -0.25) is 4.79 Å². The van der Waals surface area contributed by atoms with Gasteiger partial charge < -0.3 is 5.32 Å². The van der Waals surface area contributed by atoms with Crippen molar-refractivity contribution in [1.82, 2.24) is 15.1 Å². The molecule has 23 heavy (non-hydrogen) atoms. The Morgan fingerprint density at radius 3 is 2.78 bits per heavy atom. The molecule has 1 amide bonds. The molecule has 1 unspecified atom stereocenters. The highest BCUT2D eigenvalue weighted by molar-refractivity contribution is 5.95. The predicted octanol–water partition coefficient (Wildman–Crippen LogP) is 4.02. The Morgan fingerprint density at radius 2 is 2.09 bits per heavy atom. The lowest BCUT2D eigenvalue weighted by Gasteiger charge is -2.13. The molecule has 0 aliphatic rings. The SMILES string of the molecule is CCCCCC(C)NC(=O)c1cnn(-c2ccccc2F)c1C. The van der Waals surface area contributed by atoms with Crippen molar-refractivity contribution in [2.45, 2.75) is 52.5 Å². The summed E-state index contributed by atoms with van der Waals surface area (Å²) in [5.41, 5.74) is 1.46. The number of unbranched alkanes of at least 4 members (excludes halogenated alkanes) is 2. The van der Waals surface area contributed by atoms with Crippen molar-refractivity contribution < 1.29 is 9.18 Å². The second kappa shape index (κ2) is 7.90. The second-order valence-electron chi connectivity index (χ2n) is 5.88. The van der Waals surface area contributed by atoms with Crippen molar-refractivity contribution in [2.24, 2.45) is 0 Å². The number of para-hydroxylation sites is 1. The number of rotatable bonds is 7. The molecule has 124 valence electrons. The molecule has 0 bridgehead atoms. The molecule has 2 aromatic rings. The fourth-order valence-electron chi connectivity index (χ4n) is 2.57. The van der Waals surface area contributed by atoms with Gasteiger partial charge in [-0.2, -0.15) is 5.10 Å². The van der Waals surface area contributed by atoms with Gasteiger partial charge in [-0.05, 0) is 32.4 Å². The van der Waals surface area contributed by atoms with Gasteiger partial charge in [0.05, 0.1) is 17.5 Å². The maximum absolute atomic E-state index is 13.9. The summed E-state index contributed by atoms with van der Waals surface area (Å²) in [5.74, 6) is -0.521. The maximum Gasteiger partial charge on any atom is 0.254 e. The Kier molecular flexibility index (Phi) is 5.90. The number of nitrogens with one attached hydrogen (secondary N) is 1. The van der Waals surface area contributed by atoms with E-state index in [0.29, 0.717) is 16.9 Å². The molecule has 1 heterocycles. The normalized spacial score (nSPS) is 12.2. The van der Waals surface area contributed by atoms with Gasteiger partial charge in [-0.1, -0.05) is 38.3 Å². The molecule has 0 saturated heterocycles. The van der Waals surface area contributed by atoms with Crippen molar-refractivity contribution >= 4 is 5.91 Å². The first-order chi connectivity index (χ1) is 11.0. The Balaban J connectivity index is 2.10. The Labute approximate surface area is 136 Å². The molecule has 0 aliphatic carbocycles. The summed E-state index contributed by atoms with van der Waals surface area (Å²) in [6, 6.07) is 6.51. The number of nitrogens with zero attached hydrogens (tertiary/aromatic N) is 2. The molecule has 1 atom stereocenters. The van der Waals surface area contributed by atoms with Gasteiger partial charge in [0.15, 0.2) is 0 Å². The molecule has 0 spiro atoms. The van der Waals surface area contributed by atoms with E-state index in [9.17, 15) is 9.18 Å². The quantitative estimate of drug-likeness (QED) is 0.784. The largest absolute Gasteiger partial charge is 0.349 e. The summed E-state index contributed by atoms with van der Waals surface area (Å²) in [6.07, 6.45) is 5.89. The number of hydrogen-bond donors (Lipinski definition) is 1. The lowest BCUT2D eigenvalue weighted by atomic mass is 10.1. The first kappa shape index (κ1) is 17.2. The van der Waals surface area contributed by atoms with Crippen molar-refractivity contribution in [3.8, 4) is 5.69 Å². The molecule has 1 aromatic heterocycles. The molecule has 0 aliphatic heterocycles. The molecule has 1 N–H and O–H groups in total. The summed E-state index contributed by atoms with van der Waals surface area (Å²) < 4.78 is 15.4. The van der Waals surface area contributed by atoms with Crippen LogP contribution in [0.2, 0.25) is 0 Å². The number of amides is 1. The van der Waals surface area contributed by atoms with Gasteiger partial charge in [0.25, 0.3) is 5.91 Å². The van der Waals surface area contributed by atoms with Gasteiger partial charge in [0.2, 0.25) is 0 Å². The van der Waals surface area contributed by atoms with Gasteiger partial charge in [-0.15, -0.1) is 0 Å². The van der Waals surface area contributed by atoms with E-state index in [1.165, 1.54) is 23.4 Å². The zero-order valence-corrected chi connectivity index (χ0v) is 14.0. The summed E-state index contributed by atoms with van der Waals surface area (Å²) in [4.78, 5) is 12.4. The highest BCUT2D eigenvalue weighted by Crippen LogP contribution is 2.17. The van der Waals surface area contributed by atoms with E-state index < -0.39 is 0 Å². The van der Waals surface area contributed by atoms with Crippen molar-refractivity contribution in [3.05, 3.63) is 47.5 Å². The van der Waals surface area contributed by atoms with Crippen LogP contribution in [0.15, 0.2) is 30.5 Å². The molecule has 0 radical (unpaired) electrons. The fraction of sp³-hybridized carbons (Fsp3) is 0.444. The second-order valence-corrected chi connectivity index (χ2v) is 5.88. The van der Waals surface area contributed by atoms with E-state index in [1.54, 1.807) is 25.1 Å². The maximum atomic E-state index is 13.9. The van der Waals surface area contributed by atoms with Gasteiger partial charge in [0, 0.05) is 6.04 Å². The molecule has 1 aromatic carbocycles. The van der Waals surface area contributed by atoms with Crippen LogP contribution >= 0.6 is 0 Å². The van der Waals surface area contributed by atoms with Crippen LogP contribution in [0.25, 0.3) is 5.69 Å². The molecule has 2 rings (SSSR count). The van der Waals surface area contributed by atoms with E-state index in [-0.39, 0.29) is 17.8 Å². The van der Waals surface area contributed by atoms with Crippen LogP contribution in [0.3, 0.4) is 0 Å². The summed E-state index contributed by atoms with van der Waals surface area (Å²) in [5, 5.41) is 7.16. The number of carbonyl (C=O) groups is 1. The van der Waals surface area contributed by atoms with Crippen LogP contribution in [0.5, 0.6) is 0 Å². The van der Waals surface area contributed by atoms with Crippen LogP contribution in [-0.2, 0) is 0 Å². The minimum Gasteiger partial charge on any atom is -0.349 e. The zero-order valence-electron chi connectivity index (χ0n) is 14.0. The number of aromatic nitrogens is 2. The number of hydrogen-bond acceptors (Lipinski definition) is 2. The summed E-state index contributed by atoms with van der Waals surface area (Å²) in [7, 11) is 0. The highest BCUT2D eigenvalue weighted by atomic mass is 19.1. The number of benzene rings is 1. The van der Waals surface area contributed by atoms with E-state index in [1.807, 2.05) is 6.92 Å². The zero-order chi connectivity index (χ0) is 16.8. The van der Waals surface area contributed by atoms with Crippen LogP contribution < -0.4 is 5.32 Å². The third-order valence-corrected chi connectivity index (χ3v) is 3.95. The Morgan fingerprint density at radius 1 is 1.35 bits per heavy atom. The van der Waals surface area contributed by atoms with Crippen LogP contribution in [0, 0.1) is 12.7 Å². The third-order valence-electron chi connectivity index (χ3n) is 3.95. The minimum atomic E-state index is -0.362. The third kappa shape index (κ3) is 4.18. The highest BCUT2D eigenvalue weighted by Gasteiger charge is 2.18. The lowest BCUT2D eigenvalue weighted by Crippen LogP contribution is -2.32. The topological polar surface area (TPSA) is 46.9 Å². The average molecular weight is 317 g/mol. The van der Waals surface area contributed by atoms with Crippen molar-refractivity contribution in [1.29, 1.82) is 0 Å². The smallest absolute Gasteiger partial charge is 0.254 e. The van der Waals surface area contributed by atoms with Gasteiger partial charge in [-0.25, -0.2) is 9.07 Å². The van der Waals surface area contributed by atoms with Crippen molar-refractivity contribution in [3.63, 3.8) is 0 Å². The van der Waals surface area contributed by atoms with Crippen molar-refractivity contribution in [2.75, 3.05) is 0 Å². The van der Waals surface area contributed by atoms with Gasteiger partial charge >= 0.3 is 0 Å². The molecule has 0 saturated carbocycles. The number of carbonyl (C=O) groups excluding carboxylic acids is 1. The van der Waals surface area contributed by atoms with E-state index in [4.69, 9.17) is 0 Å². The summed E-state index contributed by atoms with van der Waals surface area (Å²) >= 11 is 0. The predicted molar refractivity (Wildman–Crippen MR) is 89.3 cm³/mol. The van der Waals surface area contributed by atoms with Crippen LogP contribution in [-0.4, -0.2) is 21.7 Å². The Bertz CT molecular complexity index is 666. The molecule has 5 heteroatoms. The van der Waals surface area contributed by atoms with E-state index >= 15 is 0 Å². The molecular formula is C18H24FN3O. The molecule has 4 nitrogen and oxygen atoms in total. The summed E-state index contributed by atoms with van der Waals surface area (Å²) in [6.45, 7) is 5.93. The van der Waals surface area contributed by atoms with E-state index in [0.717, 1.165) is 19.3 Å². The molecule has 0 fully saturated rings. The first-order valence-corrected chi connectivity index (χ1v) is 8.15. The first-order valence-electron chi connectivity index (χ1n) is 8.15. The molecular weight excluding hydrogens is 293 g/mol. The van der Waals surface area contributed by atoms with Gasteiger partial charge in [0.1, 0.15) is 11.5 Å². The monoisotopic (exact) mass is 317 g/mol. The Hall–Kier alpha value is -2.17. The van der Waals surface area contributed by atoms with Crippen LogP contribution in [0.1, 0.15) is 55.6 Å². The number of halogens is 1. The fourth-order valence-corrected chi connectivity index (χ4v) is 2.57. The van der Waals surface area contributed by atoms with Crippen LogP contribution in [0.4, 0.5) is 4.39 Å². The average Bonchev–Trinajstić information content (AvgIpc) is 2.89. The lowest BCUT2D eigenvalue weighted by molar-refractivity contribution is 0.0937. The van der Waals surface area contributed by atoms with E-state index in [2.05, 4.69) is 17.3 Å².